The summed E-state index contributed by atoms with van der Waals surface area (Å²) in [5.41, 5.74) is -20.1. The molecule has 0 aliphatic carbocycles. The molecule has 1 heterocycles. The summed E-state index contributed by atoms with van der Waals surface area (Å²) in [5.74, 6) is -20.9. The van der Waals surface area contributed by atoms with E-state index in [1.807, 2.05) is 0 Å². The molecule has 0 N–H and O–H groups in total. The van der Waals surface area contributed by atoms with E-state index >= 15 is 26.3 Å². The summed E-state index contributed by atoms with van der Waals surface area (Å²) in [5, 5.41) is -21.8. The molecule has 0 amide bonds. The summed E-state index contributed by atoms with van der Waals surface area (Å²) in [6.45, 7) is 0. The van der Waals surface area contributed by atoms with Gasteiger partial charge in [-0.05, 0) is 0 Å². The molecule has 0 radical (unpaired) electrons. The van der Waals surface area contributed by atoms with E-state index in [0.717, 1.165) is 0 Å². The number of rotatable bonds is 3. The molecule has 6 nitrogen and oxygen atoms in total. The minimum absolute atomic E-state index is 1.91. The van der Waals surface area contributed by atoms with Gasteiger partial charge in [-0.2, -0.15) is 65.9 Å². The SMILES string of the molecule is O=[S+]/C(=c1/c(F)c2oc3c(F)/c(=C(/C(F)(F)F)S(=O)(=O)C(F)(F)F)c(F)c3c3c(F)/c(=C(/C(F)(F)F)S(=O)(=O)C(F)(F)F)c(F)c3c2c1F)C(F)(F)F. The van der Waals surface area contributed by atoms with E-state index < -0.39 is 159 Å². The van der Waals surface area contributed by atoms with Crippen molar-refractivity contribution >= 4 is 78.8 Å². The second-order valence-corrected chi connectivity index (χ2v) is 14.1. The van der Waals surface area contributed by atoms with E-state index in [0.29, 0.717) is 0 Å². The molecule has 0 saturated heterocycles. The van der Waals surface area contributed by atoms with Crippen molar-refractivity contribution in [2.45, 2.75) is 29.5 Å². The fourth-order valence-electron chi connectivity index (χ4n) is 4.78. The van der Waals surface area contributed by atoms with Crippen molar-refractivity contribution < 1.29 is 118 Å². The molecule has 3 aromatic carbocycles. The van der Waals surface area contributed by atoms with Crippen LogP contribution in [0.1, 0.15) is 0 Å². The molecular formula is C23F21O6S3+. The Morgan fingerprint density at radius 1 is 0.434 bits per heavy atom. The van der Waals surface area contributed by atoms with Gasteiger partial charge in [0.2, 0.25) is 0 Å². The highest BCUT2D eigenvalue weighted by Crippen LogP contribution is 2.45. The lowest BCUT2D eigenvalue weighted by molar-refractivity contribution is -0.0724. The Balaban J connectivity index is 2.77. The molecule has 0 aliphatic rings. The van der Waals surface area contributed by atoms with Crippen LogP contribution >= 0.6 is 0 Å². The molecule has 0 aliphatic heterocycles. The lowest BCUT2D eigenvalue weighted by atomic mass is 10.1. The van der Waals surface area contributed by atoms with Crippen LogP contribution in [0.3, 0.4) is 0 Å². The summed E-state index contributed by atoms with van der Waals surface area (Å²) < 4.78 is 360. The minimum atomic E-state index is -8.20. The largest absolute Gasteiger partial charge is 0.511 e. The molecule has 4 rings (SSSR count). The number of hydrogen-bond donors (Lipinski definition) is 0. The van der Waals surface area contributed by atoms with Crippen molar-refractivity contribution in [3.05, 3.63) is 50.6 Å². The number of halogens is 21. The summed E-state index contributed by atoms with van der Waals surface area (Å²) >= 11 is -1.91. The van der Waals surface area contributed by atoms with Crippen molar-refractivity contribution in [1.82, 2.24) is 0 Å². The zero-order valence-electron chi connectivity index (χ0n) is 23.1. The molecule has 0 fully saturated rings. The summed E-state index contributed by atoms with van der Waals surface area (Å²) in [6, 6.07) is 0. The average Bonchev–Trinajstić information content (AvgIpc) is 3.34. The Morgan fingerprint density at radius 3 is 1.00 bits per heavy atom. The lowest BCUT2D eigenvalue weighted by Crippen LogP contribution is -2.36. The van der Waals surface area contributed by atoms with E-state index in [1.165, 1.54) is 0 Å². The maximum atomic E-state index is 15.9. The lowest BCUT2D eigenvalue weighted by Gasteiger charge is -2.14. The molecule has 1 aromatic heterocycles. The van der Waals surface area contributed by atoms with Crippen LogP contribution in [0.2, 0.25) is 0 Å². The van der Waals surface area contributed by atoms with Gasteiger partial charge in [0.1, 0.15) is 22.7 Å². The first-order valence-corrected chi connectivity index (χ1v) is 15.7. The average molecular weight is 867 g/mol. The second-order valence-electron chi connectivity index (χ2n) is 9.73. The van der Waals surface area contributed by atoms with Gasteiger partial charge in [-0.15, -0.1) is 0 Å². The van der Waals surface area contributed by atoms with Crippen molar-refractivity contribution in [2.75, 3.05) is 0 Å². The van der Waals surface area contributed by atoms with E-state index in [2.05, 4.69) is 4.42 Å². The van der Waals surface area contributed by atoms with Gasteiger partial charge in [0, 0.05) is 15.0 Å². The van der Waals surface area contributed by atoms with Gasteiger partial charge in [0.15, 0.2) is 38.4 Å². The van der Waals surface area contributed by atoms with Crippen molar-refractivity contribution in [1.29, 1.82) is 0 Å². The van der Waals surface area contributed by atoms with Gasteiger partial charge in [-0.1, -0.05) is 0 Å². The Kier molecular flexibility index (Phi) is 9.40. The molecule has 4 aromatic rings. The van der Waals surface area contributed by atoms with E-state index in [9.17, 15) is 86.9 Å². The van der Waals surface area contributed by atoms with Gasteiger partial charge in [0.05, 0.1) is 21.2 Å². The number of fused-ring (bicyclic) bond motifs is 5. The van der Waals surface area contributed by atoms with Crippen LogP contribution in [0.5, 0.6) is 0 Å². The van der Waals surface area contributed by atoms with Crippen LogP contribution in [0.4, 0.5) is 92.2 Å². The predicted octanol–water partition coefficient (Wildman–Crippen LogP) is 6.60. The highest BCUT2D eigenvalue weighted by Gasteiger charge is 2.60. The molecule has 0 spiro atoms. The highest BCUT2D eigenvalue weighted by atomic mass is 32.2. The first kappa shape index (κ1) is 41.7. The van der Waals surface area contributed by atoms with Crippen LogP contribution < -0.4 is 15.7 Å². The Morgan fingerprint density at radius 2 is 0.717 bits per heavy atom. The summed E-state index contributed by atoms with van der Waals surface area (Å²) in [7, 11) is -16.3. The topological polar surface area (TPSA) is 98.5 Å². The van der Waals surface area contributed by atoms with Crippen LogP contribution in [-0.4, -0.2) is 46.4 Å². The van der Waals surface area contributed by atoms with E-state index in [-0.39, 0.29) is 0 Å². The first-order valence-electron chi connectivity index (χ1n) is 12.0. The zero-order valence-corrected chi connectivity index (χ0v) is 25.6. The van der Waals surface area contributed by atoms with Crippen LogP contribution in [0.15, 0.2) is 4.42 Å². The monoisotopic (exact) mass is 867 g/mol. The van der Waals surface area contributed by atoms with Gasteiger partial charge in [-0.25, -0.2) is 43.2 Å². The van der Waals surface area contributed by atoms with Crippen molar-refractivity contribution in [2.24, 2.45) is 0 Å². The number of sulfone groups is 2. The Bertz CT molecular complexity index is 2700. The second kappa shape index (κ2) is 12.0. The maximum absolute atomic E-state index is 15.9. The van der Waals surface area contributed by atoms with Gasteiger partial charge >= 0.3 is 46.1 Å². The number of alkyl halides is 15. The predicted molar refractivity (Wildman–Crippen MR) is 132 cm³/mol. The number of hydrogen-bond acceptors (Lipinski definition) is 6. The maximum Gasteiger partial charge on any atom is 0.511 e. The Hall–Kier alpha value is -4.09. The third-order valence-electron chi connectivity index (χ3n) is 6.69. The van der Waals surface area contributed by atoms with Crippen LogP contribution in [-0.2, 0) is 35.5 Å². The van der Waals surface area contributed by atoms with E-state index in [1.54, 1.807) is 0 Å². The van der Waals surface area contributed by atoms with Gasteiger partial charge in [0.25, 0.3) is 19.7 Å². The van der Waals surface area contributed by atoms with E-state index in [4.69, 9.17) is 0 Å². The molecule has 0 bridgehead atoms. The normalized spacial score (nSPS) is 16.2. The molecule has 292 valence electrons. The molecule has 53 heavy (non-hydrogen) atoms. The van der Waals surface area contributed by atoms with Crippen molar-refractivity contribution in [3.63, 3.8) is 0 Å². The molecular weight excluding hydrogens is 867 g/mol. The fraction of sp³-hybridized carbons (Fsp3) is 0.217. The Labute approximate surface area is 276 Å². The quantitative estimate of drug-likeness (QED) is 0.170. The highest BCUT2D eigenvalue weighted by molar-refractivity contribution is 8.01. The standard InChI is InChI=1S/C23F21O6S3/c24-8-1-2(9(25)6(8)17(20(33,34)35)52(46,47)22(39,40)41)4-11(27)7(18(21(36,37)38)53(48,49)23(42,43)44)13(29)15(4)50-14-3(1)10(26)5(12(14)28)16(51-45)19(30,31)32/q+1/b16-5+,17-6-,18-7-. The minimum Gasteiger partial charge on any atom is -0.450 e. The third-order valence-corrected chi connectivity index (χ3v) is 10.5. The van der Waals surface area contributed by atoms with Gasteiger partial charge < -0.3 is 4.42 Å². The van der Waals surface area contributed by atoms with Crippen LogP contribution in [0.25, 0.3) is 47.4 Å². The molecule has 0 atom stereocenters. The van der Waals surface area contributed by atoms with Crippen LogP contribution in [0, 0.1) is 34.9 Å². The summed E-state index contributed by atoms with van der Waals surface area (Å²) in [6.07, 6.45) is -20.6. The smallest absolute Gasteiger partial charge is 0.450 e. The van der Waals surface area contributed by atoms with Gasteiger partial charge in [-0.3, -0.25) is 0 Å². The van der Waals surface area contributed by atoms with Crippen molar-refractivity contribution in [3.8, 4) is 0 Å². The third kappa shape index (κ3) is 5.98. The molecule has 0 saturated carbocycles. The first-order chi connectivity index (χ1) is 23.5. The molecule has 0 unspecified atom stereocenters. The zero-order chi connectivity index (χ0) is 41.3. The fourth-order valence-corrected chi connectivity index (χ4v) is 7.11. The summed E-state index contributed by atoms with van der Waals surface area (Å²) in [4.78, 5) is -11.9. The molecule has 30 heteroatoms.